The van der Waals surface area contributed by atoms with Gasteiger partial charge in [0.1, 0.15) is 17.2 Å². The Morgan fingerprint density at radius 3 is 2.52 bits per heavy atom. The van der Waals surface area contributed by atoms with Gasteiger partial charge in [-0.05, 0) is 18.2 Å². The molecule has 1 N–H and O–H groups in total. The van der Waals surface area contributed by atoms with E-state index in [4.69, 9.17) is 25.8 Å². The summed E-state index contributed by atoms with van der Waals surface area (Å²) in [7, 11) is 2.93. The van der Waals surface area contributed by atoms with E-state index >= 15 is 0 Å². The van der Waals surface area contributed by atoms with Crippen molar-refractivity contribution in [2.24, 2.45) is 0 Å². The van der Waals surface area contributed by atoms with E-state index < -0.39 is 5.91 Å². The lowest BCUT2D eigenvalue weighted by atomic mass is 10.2. The number of benzene rings is 2. The van der Waals surface area contributed by atoms with E-state index in [0.717, 1.165) is 4.47 Å². The molecule has 6 nitrogen and oxygen atoms in total. The van der Waals surface area contributed by atoms with Crippen molar-refractivity contribution in [3.8, 4) is 17.2 Å². The Morgan fingerprint density at radius 1 is 1.16 bits per heavy atom. The lowest BCUT2D eigenvalue weighted by Crippen LogP contribution is -2.21. The Labute approximate surface area is 158 Å². The second kappa shape index (κ2) is 8.73. The predicted octanol–water partition coefficient (Wildman–Crippen LogP) is 3.95. The summed E-state index contributed by atoms with van der Waals surface area (Å²) in [5.41, 5.74) is 0.733. The van der Waals surface area contributed by atoms with Gasteiger partial charge in [-0.3, -0.25) is 9.59 Å². The predicted molar refractivity (Wildman–Crippen MR) is 98.2 cm³/mol. The van der Waals surface area contributed by atoms with E-state index in [1.165, 1.54) is 20.3 Å². The number of carbonyl (C=O) groups is 2. The number of anilines is 1. The van der Waals surface area contributed by atoms with Gasteiger partial charge in [0, 0.05) is 16.6 Å². The van der Waals surface area contributed by atoms with Gasteiger partial charge >= 0.3 is 0 Å². The zero-order valence-corrected chi connectivity index (χ0v) is 15.8. The van der Waals surface area contributed by atoms with Crippen LogP contribution in [-0.2, 0) is 4.79 Å². The van der Waals surface area contributed by atoms with Gasteiger partial charge in [-0.25, -0.2) is 0 Å². The van der Waals surface area contributed by atoms with Crippen molar-refractivity contribution in [3.63, 3.8) is 0 Å². The van der Waals surface area contributed by atoms with Crippen LogP contribution in [0, 0.1) is 0 Å². The summed E-state index contributed by atoms with van der Waals surface area (Å²) in [6.45, 7) is -0.281. The molecule has 0 saturated heterocycles. The summed E-state index contributed by atoms with van der Waals surface area (Å²) >= 11 is 9.29. The lowest BCUT2D eigenvalue weighted by molar-refractivity contribution is -0.118. The third-order valence-electron chi connectivity index (χ3n) is 3.21. The number of ether oxygens (including phenoxy) is 3. The summed E-state index contributed by atoms with van der Waals surface area (Å²) in [5.74, 6) is 0.669. The average molecular weight is 429 g/mol. The number of rotatable bonds is 7. The number of methoxy groups -OCH3 is 2. The molecule has 8 heteroatoms. The second-order valence-corrected chi connectivity index (χ2v) is 6.15. The maximum atomic E-state index is 12.1. The molecule has 25 heavy (non-hydrogen) atoms. The van der Waals surface area contributed by atoms with E-state index in [9.17, 15) is 9.59 Å². The van der Waals surface area contributed by atoms with Crippen LogP contribution in [0.1, 0.15) is 10.4 Å². The van der Waals surface area contributed by atoms with Crippen molar-refractivity contribution in [1.29, 1.82) is 0 Å². The molecule has 2 aromatic carbocycles. The number of hydrogen-bond acceptors (Lipinski definition) is 5. The second-order valence-electron chi connectivity index (χ2n) is 4.82. The van der Waals surface area contributed by atoms with E-state index in [-0.39, 0.29) is 6.61 Å². The normalized spacial score (nSPS) is 10.1. The quantitative estimate of drug-likeness (QED) is 0.676. The van der Waals surface area contributed by atoms with Gasteiger partial charge in [0.05, 0.1) is 30.5 Å². The number of carbonyl (C=O) groups excluding carboxylic acids is 2. The fraction of sp³-hybridized carbons (Fsp3) is 0.176. The van der Waals surface area contributed by atoms with Gasteiger partial charge < -0.3 is 19.5 Å². The highest BCUT2D eigenvalue weighted by Crippen LogP contribution is 2.35. The zero-order chi connectivity index (χ0) is 18.4. The molecule has 0 saturated carbocycles. The molecule has 0 fully saturated rings. The van der Waals surface area contributed by atoms with Crippen LogP contribution >= 0.6 is 27.5 Å². The molecule has 0 aromatic heterocycles. The lowest BCUT2D eigenvalue weighted by Gasteiger charge is -2.14. The van der Waals surface area contributed by atoms with Gasteiger partial charge in [0.25, 0.3) is 5.91 Å². The smallest absolute Gasteiger partial charge is 0.262 e. The minimum absolute atomic E-state index is 0.281. The Bertz CT molecular complexity index is 797. The minimum atomic E-state index is -0.428. The fourth-order valence-corrected chi connectivity index (χ4v) is 2.64. The molecule has 0 aliphatic rings. The molecule has 0 aliphatic heterocycles. The maximum Gasteiger partial charge on any atom is 0.262 e. The van der Waals surface area contributed by atoms with Crippen LogP contribution in [0.3, 0.4) is 0 Å². The van der Waals surface area contributed by atoms with Crippen LogP contribution < -0.4 is 19.5 Å². The first kappa shape index (κ1) is 19.1. The number of halogens is 2. The Balaban J connectivity index is 2.09. The molecule has 0 unspecified atom stereocenters. The molecule has 2 rings (SSSR count). The van der Waals surface area contributed by atoms with Crippen molar-refractivity contribution in [3.05, 3.63) is 45.4 Å². The van der Waals surface area contributed by atoms with Gasteiger partial charge in [0.2, 0.25) is 0 Å². The van der Waals surface area contributed by atoms with Crippen molar-refractivity contribution < 1.29 is 23.8 Å². The summed E-state index contributed by atoms with van der Waals surface area (Å²) in [6, 6.07) is 8.01. The summed E-state index contributed by atoms with van der Waals surface area (Å²) in [6.07, 6.45) is 0.658. The van der Waals surface area contributed by atoms with E-state index in [1.807, 2.05) is 0 Å². The first-order valence-electron chi connectivity index (χ1n) is 7.07. The highest BCUT2D eigenvalue weighted by molar-refractivity contribution is 9.10. The largest absolute Gasteiger partial charge is 0.495 e. The van der Waals surface area contributed by atoms with Gasteiger partial charge in [-0.2, -0.15) is 0 Å². The van der Waals surface area contributed by atoms with Crippen molar-refractivity contribution in [2.75, 3.05) is 26.1 Å². The topological polar surface area (TPSA) is 73.9 Å². The first-order chi connectivity index (χ1) is 12.0. The molecule has 2 aromatic rings. The highest BCUT2D eigenvalue weighted by Gasteiger charge is 2.13. The molecular formula is C17H15BrClNO5. The molecule has 0 radical (unpaired) electrons. The van der Waals surface area contributed by atoms with E-state index in [1.54, 1.807) is 24.3 Å². The van der Waals surface area contributed by atoms with Crippen LogP contribution in [0.15, 0.2) is 34.8 Å². The highest BCUT2D eigenvalue weighted by atomic mass is 79.9. The molecule has 0 atom stereocenters. The molecule has 0 bridgehead atoms. The van der Waals surface area contributed by atoms with E-state index in [0.29, 0.717) is 39.8 Å². The Hall–Kier alpha value is -2.25. The molecule has 132 valence electrons. The minimum Gasteiger partial charge on any atom is -0.495 e. The first-order valence-corrected chi connectivity index (χ1v) is 8.24. The average Bonchev–Trinajstić information content (AvgIpc) is 2.61. The zero-order valence-electron chi connectivity index (χ0n) is 13.5. The monoisotopic (exact) mass is 427 g/mol. The number of aldehydes is 1. The van der Waals surface area contributed by atoms with Crippen LogP contribution in [-0.4, -0.2) is 33.0 Å². The number of nitrogens with one attached hydrogen (secondary N) is 1. The fourth-order valence-electron chi connectivity index (χ4n) is 2.03. The SMILES string of the molecule is COc1cc(NC(=O)COc2ccc(Br)cc2C=O)c(OC)cc1Cl. The maximum absolute atomic E-state index is 12.1. The van der Waals surface area contributed by atoms with Crippen molar-refractivity contribution >= 4 is 45.4 Å². The third-order valence-corrected chi connectivity index (χ3v) is 3.99. The van der Waals surface area contributed by atoms with Crippen molar-refractivity contribution in [2.45, 2.75) is 0 Å². The van der Waals surface area contributed by atoms with Gasteiger partial charge in [0.15, 0.2) is 12.9 Å². The van der Waals surface area contributed by atoms with Crippen LogP contribution in [0.25, 0.3) is 0 Å². The van der Waals surface area contributed by atoms with Crippen LogP contribution in [0.5, 0.6) is 17.2 Å². The van der Waals surface area contributed by atoms with Crippen LogP contribution in [0.2, 0.25) is 5.02 Å². The molecule has 1 amide bonds. The van der Waals surface area contributed by atoms with E-state index in [2.05, 4.69) is 21.2 Å². The standard InChI is InChI=1S/C17H15BrClNO5/c1-23-15-7-13(16(24-2)6-12(15)19)20-17(22)9-25-14-4-3-11(18)5-10(14)8-21/h3-8H,9H2,1-2H3,(H,20,22). The van der Waals surface area contributed by atoms with Crippen LogP contribution in [0.4, 0.5) is 5.69 Å². The van der Waals surface area contributed by atoms with Gasteiger partial charge in [-0.15, -0.1) is 0 Å². The number of hydrogen-bond donors (Lipinski definition) is 1. The summed E-state index contributed by atoms with van der Waals surface area (Å²) in [5, 5.41) is 3.02. The molecule has 0 spiro atoms. The third kappa shape index (κ3) is 4.87. The Morgan fingerprint density at radius 2 is 1.88 bits per heavy atom. The number of amides is 1. The summed E-state index contributed by atoms with van der Waals surface area (Å²) in [4.78, 5) is 23.2. The van der Waals surface area contributed by atoms with Gasteiger partial charge in [-0.1, -0.05) is 27.5 Å². The Kier molecular flexibility index (Phi) is 6.66. The summed E-state index contributed by atoms with van der Waals surface area (Å²) < 4.78 is 16.5. The molecular weight excluding hydrogens is 414 g/mol. The molecule has 0 aliphatic carbocycles. The van der Waals surface area contributed by atoms with Crippen molar-refractivity contribution in [1.82, 2.24) is 0 Å². The molecule has 0 heterocycles.